The quantitative estimate of drug-likeness (QED) is 0.336. The van der Waals surface area contributed by atoms with E-state index < -0.39 is 4.92 Å². The first-order valence-corrected chi connectivity index (χ1v) is 5.11. The molecule has 0 aliphatic carbocycles. The number of non-ortho nitro benzene ring substituents is 1. The average Bonchev–Trinajstić information content (AvgIpc) is 3.09. The van der Waals surface area contributed by atoms with E-state index in [9.17, 15) is 14.9 Å². The molecule has 0 bridgehead atoms. The second-order valence-corrected chi connectivity index (χ2v) is 3.76. The van der Waals surface area contributed by atoms with Crippen LogP contribution in [0.4, 0.5) is 5.69 Å². The highest BCUT2D eigenvalue weighted by molar-refractivity contribution is 5.97. The summed E-state index contributed by atoms with van der Waals surface area (Å²) >= 11 is 0. The molecule has 90 valence electrons. The number of carbonyl (C=O) groups excluding carboxylic acids is 1. The third-order valence-electron chi connectivity index (χ3n) is 2.38. The van der Waals surface area contributed by atoms with Crippen LogP contribution in [-0.2, 0) is 4.74 Å². The molecular formula is C11H11NO5. The lowest BCUT2D eigenvalue weighted by molar-refractivity contribution is -0.384. The summed E-state index contributed by atoms with van der Waals surface area (Å²) in [7, 11) is 0. The number of epoxide rings is 1. The number of ether oxygens (including phenoxy) is 2. The van der Waals surface area contributed by atoms with E-state index in [-0.39, 0.29) is 23.1 Å². The summed E-state index contributed by atoms with van der Waals surface area (Å²) < 4.78 is 10.4. The Balaban J connectivity index is 2.23. The number of hydrogen-bond acceptors (Lipinski definition) is 5. The van der Waals surface area contributed by atoms with Gasteiger partial charge in [0.05, 0.1) is 17.1 Å². The van der Waals surface area contributed by atoms with E-state index in [0.29, 0.717) is 19.0 Å². The van der Waals surface area contributed by atoms with E-state index in [1.165, 1.54) is 25.1 Å². The van der Waals surface area contributed by atoms with Gasteiger partial charge in [0, 0.05) is 12.1 Å². The first-order valence-electron chi connectivity index (χ1n) is 5.11. The van der Waals surface area contributed by atoms with Crippen molar-refractivity contribution in [1.29, 1.82) is 0 Å². The summed E-state index contributed by atoms with van der Waals surface area (Å²) in [5, 5.41) is 10.6. The van der Waals surface area contributed by atoms with Gasteiger partial charge < -0.3 is 9.47 Å². The topological polar surface area (TPSA) is 82.0 Å². The van der Waals surface area contributed by atoms with Gasteiger partial charge in [0.15, 0.2) is 5.78 Å². The van der Waals surface area contributed by atoms with Crippen LogP contribution in [0.2, 0.25) is 0 Å². The van der Waals surface area contributed by atoms with E-state index in [0.717, 1.165) is 0 Å². The third kappa shape index (κ3) is 2.79. The van der Waals surface area contributed by atoms with Gasteiger partial charge in [0.2, 0.25) is 0 Å². The summed E-state index contributed by atoms with van der Waals surface area (Å²) in [6.07, 6.45) is 0.0741. The maximum absolute atomic E-state index is 11.4. The standard InChI is InChI=1S/C11H11NO5/c1-7(13)10-4-8(12(14)15)2-3-11(10)17-6-9-5-16-9/h2-4,9H,5-6H2,1H3/t9-/m0/s1. The maximum atomic E-state index is 11.4. The van der Waals surface area contributed by atoms with Gasteiger partial charge in [0.1, 0.15) is 18.5 Å². The number of Topliss-reactive ketones (excluding diaryl/α,β-unsaturated/α-hetero) is 1. The number of benzene rings is 1. The van der Waals surface area contributed by atoms with E-state index in [1.54, 1.807) is 0 Å². The lowest BCUT2D eigenvalue weighted by atomic mass is 10.1. The predicted molar refractivity (Wildman–Crippen MR) is 58.3 cm³/mol. The minimum atomic E-state index is -0.541. The molecule has 6 nitrogen and oxygen atoms in total. The largest absolute Gasteiger partial charge is 0.490 e. The fourth-order valence-corrected chi connectivity index (χ4v) is 1.38. The Hall–Kier alpha value is -1.95. The number of nitrogens with zero attached hydrogens (tertiary/aromatic N) is 1. The summed E-state index contributed by atoms with van der Waals surface area (Å²) in [5.41, 5.74) is 0.102. The first-order chi connectivity index (χ1) is 8.08. The van der Waals surface area contributed by atoms with E-state index in [2.05, 4.69) is 0 Å². The molecule has 0 spiro atoms. The van der Waals surface area contributed by atoms with Crippen LogP contribution in [0.5, 0.6) is 5.75 Å². The highest BCUT2D eigenvalue weighted by Crippen LogP contribution is 2.25. The van der Waals surface area contributed by atoms with Crippen LogP contribution in [0, 0.1) is 10.1 Å². The Labute approximate surface area is 97.3 Å². The van der Waals surface area contributed by atoms with Gasteiger partial charge in [-0.05, 0) is 13.0 Å². The lowest BCUT2D eigenvalue weighted by Crippen LogP contribution is -2.07. The van der Waals surface area contributed by atoms with Crippen LogP contribution in [-0.4, -0.2) is 30.0 Å². The normalized spacial score (nSPS) is 17.6. The van der Waals surface area contributed by atoms with Crippen molar-refractivity contribution in [2.24, 2.45) is 0 Å². The Kier molecular flexibility index (Phi) is 3.06. The van der Waals surface area contributed by atoms with Crippen LogP contribution < -0.4 is 4.74 Å². The van der Waals surface area contributed by atoms with Crippen LogP contribution in [0.3, 0.4) is 0 Å². The molecule has 1 aliphatic rings. The van der Waals surface area contributed by atoms with Crippen molar-refractivity contribution >= 4 is 11.5 Å². The minimum absolute atomic E-state index is 0.0741. The zero-order chi connectivity index (χ0) is 12.4. The second kappa shape index (κ2) is 4.50. The number of hydrogen-bond donors (Lipinski definition) is 0. The molecule has 1 aliphatic heterocycles. The molecule has 0 unspecified atom stereocenters. The lowest BCUT2D eigenvalue weighted by Gasteiger charge is -2.08. The molecule has 6 heteroatoms. The Morgan fingerprint density at radius 2 is 2.35 bits per heavy atom. The van der Waals surface area contributed by atoms with Crippen LogP contribution in [0.25, 0.3) is 0 Å². The number of nitro groups is 1. The van der Waals surface area contributed by atoms with Gasteiger partial charge in [-0.15, -0.1) is 0 Å². The molecule has 17 heavy (non-hydrogen) atoms. The molecule has 2 rings (SSSR count). The molecule has 1 fully saturated rings. The van der Waals surface area contributed by atoms with Gasteiger partial charge in [-0.3, -0.25) is 14.9 Å². The van der Waals surface area contributed by atoms with Gasteiger partial charge >= 0.3 is 0 Å². The number of carbonyl (C=O) groups is 1. The molecule has 1 heterocycles. The highest BCUT2D eigenvalue weighted by Gasteiger charge is 2.24. The van der Waals surface area contributed by atoms with Gasteiger partial charge in [-0.2, -0.15) is 0 Å². The van der Waals surface area contributed by atoms with Crippen molar-refractivity contribution in [3.63, 3.8) is 0 Å². The summed E-state index contributed by atoms with van der Waals surface area (Å²) in [4.78, 5) is 21.4. The van der Waals surface area contributed by atoms with E-state index in [4.69, 9.17) is 9.47 Å². The molecule has 0 amide bonds. The van der Waals surface area contributed by atoms with Crippen molar-refractivity contribution in [2.45, 2.75) is 13.0 Å². The minimum Gasteiger partial charge on any atom is -0.490 e. The van der Waals surface area contributed by atoms with E-state index >= 15 is 0 Å². The van der Waals surface area contributed by atoms with Crippen molar-refractivity contribution in [3.8, 4) is 5.75 Å². The number of rotatable bonds is 5. The molecule has 0 N–H and O–H groups in total. The fraction of sp³-hybridized carbons (Fsp3) is 0.364. The maximum Gasteiger partial charge on any atom is 0.270 e. The SMILES string of the molecule is CC(=O)c1cc([N+](=O)[O-])ccc1OC[C@@H]1CO1. The molecule has 0 radical (unpaired) electrons. The number of nitro benzene ring substituents is 1. The summed E-state index contributed by atoms with van der Waals surface area (Å²) in [6, 6.07) is 3.98. The van der Waals surface area contributed by atoms with Crippen LogP contribution >= 0.6 is 0 Å². The Bertz CT molecular complexity index is 467. The monoisotopic (exact) mass is 237 g/mol. The zero-order valence-electron chi connectivity index (χ0n) is 9.21. The molecule has 0 saturated carbocycles. The summed E-state index contributed by atoms with van der Waals surface area (Å²) in [6.45, 7) is 2.36. The predicted octanol–water partition coefficient (Wildman–Crippen LogP) is 1.58. The fourth-order valence-electron chi connectivity index (χ4n) is 1.38. The molecule has 0 aromatic heterocycles. The van der Waals surface area contributed by atoms with Crippen molar-refractivity contribution in [2.75, 3.05) is 13.2 Å². The van der Waals surface area contributed by atoms with Crippen molar-refractivity contribution in [1.82, 2.24) is 0 Å². The smallest absolute Gasteiger partial charge is 0.270 e. The van der Waals surface area contributed by atoms with Gasteiger partial charge in [-0.1, -0.05) is 0 Å². The number of ketones is 1. The van der Waals surface area contributed by atoms with Crippen molar-refractivity contribution in [3.05, 3.63) is 33.9 Å². The first kappa shape index (κ1) is 11.5. The third-order valence-corrected chi connectivity index (χ3v) is 2.38. The zero-order valence-corrected chi connectivity index (χ0v) is 9.21. The molecule has 1 saturated heterocycles. The summed E-state index contributed by atoms with van der Waals surface area (Å²) in [5.74, 6) is 0.0963. The van der Waals surface area contributed by atoms with E-state index in [1.807, 2.05) is 0 Å². The van der Waals surface area contributed by atoms with Crippen LogP contribution in [0.15, 0.2) is 18.2 Å². The Morgan fingerprint density at radius 3 is 2.88 bits per heavy atom. The molecule has 1 aromatic rings. The molecule has 1 aromatic carbocycles. The van der Waals surface area contributed by atoms with Crippen molar-refractivity contribution < 1.29 is 19.2 Å². The average molecular weight is 237 g/mol. The van der Waals surface area contributed by atoms with Gasteiger partial charge in [-0.25, -0.2) is 0 Å². The Morgan fingerprint density at radius 1 is 1.65 bits per heavy atom. The van der Waals surface area contributed by atoms with Gasteiger partial charge in [0.25, 0.3) is 5.69 Å². The second-order valence-electron chi connectivity index (χ2n) is 3.76. The van der Waals surface area contributed by atoms with Crippen LogP contribution in [0.1, 0.15) is 17.3 Å². The molecular weight excluding hydrogens is 226 g/mol. The molecule has 1 atom stereocenters. The highest BCUT2D eigenvalue weighted by atomic mass is 16.6.